The minimum Gasteiger partial charge on any atom is -0.486 e. The number of carbonyl (C=O) groups excluding carboxylic acids is 1. The van der Waals surface area contributed by atoms with Crippen molar-refractivity contribution in [3.8, 4) is 5.75 Å². The maximum absolute atomic E-state index is 12.1. The SMILES string of the molecule is CC(O)(C(=O)COc1ccccc1)c1ccccc1. The number of benzene rings is 2. The highest BCUT2D eigenvalue weighted by Gasteiger charge is 2.32. The first kappa shape index (κ1) is 13.3. The van der Waals surface area contributed by atoms with Crippen LogP contribution in [0.3, 0.4) is 0 Å². The molecule has 2 aromatic rings. The van der Waals surface area contributed by atoms with E-state index >= 15 is 0 Å². The Hall–Kier alpha value is -2.13. The van der Waals surface area contributed by atoms with Gasteiger partial charge in [0.1, 0.15) is 18.0 Å². The fourth-order valence-corrected chi connectivity index (χ4v) is 1.73. The van der Waals surface area contributed by atoms with E-state index in [0.29, 0.717) is 11.3 Å². The van der Waals surface area contributed by atoms with Crippen LogP contribution in [-0.2, 0) is 10.4 Å². The predicted molar refractivity (Wildman–Crippen MR) is 73.0 cm³/mol. The lowest BCUT2D eigenvalue weighted by molar-refractivity contribution is -0.138. The van der Waals surface area contributed by atoms with E-state index in [2.05, 4.69) is 0 Å². The zero-order valence-electron chi connectivity index (χ0n) is 10.7. The molecule has 0 amide bonds. The molecule has 0 saturated carbocycles. The number of ether oxygens (including phenoxy) is 1. The second-order valence-corrected chi connectivity index (χ2v) is 4.46. The molecule has 0 bridgehead atoms. The van der Waals surface area contributed by atoms with Crippen molar-refractivity contribution in [2.45, 2.75) is 12.5 Å². The van der Waals surface area contributed by atoms with Crippen molar-refractivity contribution >= 4 is 5.78 Å². The van der Waals surface area contributed by atoms with Gasteiger partial charge in [-0.3, -0.25) is 4.79 Å². The number of hydrogen-bond donors (Lipinski definition) is 1. The van der Waals surface area contributed by atoms with E-state index in [1.807, 2.05) is 24.3 Å². The molecule has 0 aliphatic carbocycles. The van der Waals surface area contributed by atoms with Gasteiger partial charge in [-0.1, -0.05) is 48.5 Å². The number of ketones is 1. The van der Waals surface area contributed by atoms with E-state index in [1.54, 1.807) is 36.4 Å². The number of rotatable bonds is 5. The molecule has 1 atom stereocenters. The van der Waals surface area contributed by atoms with Gasteiger partial charge in [0.2, 0.25) is 5.78 Å². The summed E-state index contributed by atoms with van der Waals surface area (Å²) in [7, 11) is 0. The Balaban J connectivity index is 2.03. The van der Waals surface area contributed by atoms with Gasteiger partial charge in [0.05, 0.1) is 0 Å². The number of Topliss-reactive ketones (excluding diaryl/α,β-unsaturated/α-hetero) is 1. The second kappa shape index (κ2) is 5.67. The highest BCUT2D eigenvalue weighted by atomic mass is 16.5. The van der Waals surface area contributed by atoms with Gasteiger partial charge in [-0.05, 0) is 24.6 Å². The van der Waals surface area contributed by atoms with Crippen molar-refractivity contribution in [2.24, 2.45) is 0 Å². The summed E-state index contributed by atoms with van der Waals surface area (Å²) in [5.41, 5.74) is -0.965. The molecule has 1 unspecified atom stereocenters. The van der Waals surface area contributed by atoms with Crippen LogP contribution in [0, 0.1) is 0 Å². The van der Waals surface area contributed by atoms with E-state index in [1.165, 1.54) is 6.92 Å². The Labute approximate surface area is 112 Å². The number of carbonyl (C=O) groups is 1. The Bertz CT molecular complexity index is 532. The second-order valence-electron chi connectivity index (χ2n) is 4.46. The third-order valence-electron chi connectivity index (χ3n) is 2.99. The van der Waals surface area contributed by atoms with Gasteiger partial charge < -0.3 is 9.84 Å². The number of hydrogen-bond acceptors (Lipinski definition) is 3. The lowest BCUT2D eigenvalue weighted by Gasteiger charge is -2.22. The van der Waals surface area contributed by atoms with Crippen LogP contribution in [0.25, 0.3) is 0 Å². The van der Waals surface area contributed by atoms with E-state index in [-0.39, 0.29) is 12.4 Å². The highest BCUT2D eigenvalue weighted by Crippen LogP contribution is 2.21. The summed E-state index contributed by atoms with van der Waals surface area (Å²) in [5, 5.41) is 10.3. The first-order valence-corrected chi connectivity index (χ1v) is 6.10. The van der Waals surface area contributed by atoms with Gasteiger partial charge in [0.15, 0.2) is 0 Å². The minimum absolute atomic E-state index is 0.161. The summed E-state index contributed by atoms with van der Waals surface area (Å²) in [5.74, 6) is 0.238. The highest BCUT2D eigenvalue weighted by molar-refractivity contribution is 5.89. The molecule has 0 aliphatic rings. The molecule has 0 spiro atoms. The minimum atomic E-state index is -1.53. The maximum atomic E-state index is 12.1. The van der Waals surface area contributed by atoms with Crippen molar-refractivity contribution in [2.75, 3.05) is 6.61 Å². The van der Waals surface area contributed by atoms with Crippen LogP contribution in [0.4, 0.5) is 0 Å². The normalized spacial score (nSPS) is 13.6. The predicted octanol–water partition coefficient (Wildman–Crippen LogP) is 2.54. The molecule has 2 aromatic carbocycles. The smallest absolute Gasteiger partial charge is 0.205 e. The van der Waals surface area contributed by atoms with Gasteiger partial charge in [0, 0.05) is 0 Å². The Morgan fingerprint density at radius 1 is 1.05 bits per heavy atom. The Morgan fingerprint density at radius 2 is 1.58 bits per heavy atom. The molecule has 1 N–H and O–H groups in total. The Morgan fingerprint density at radius 3 is 2.16 bits per heavy atom. The fourth-order valence-electron chi connectivity index (χ4n) is 1.73. The molecular weight excluding hydrogens is 240 g/mol. The standard InChI is InChI=1S/C16H16O3/c1-16(18,13-8-4-2-5-9-13)15(17)12-19-14-10-6-3-7-11-14/h2-11,18H,12H2,1H3. The zero-order valence-corrected chi connectivity index (χ0v) is 10.7. The first-order valence-electron chi connectivity index (χ1n) is 6.10. The van der Waals surface area contributed by atoms with Gasteiger partial charge >= 0.3 is 0 Å². The summed E-state index contributed by atoms with van der Waals surface area (Å²) >= 11 is 0. The summed E-state index contributed by atoms with van der Waals surface area (Å²) in [6.07, 6.45) is 0. The van der Waals surface area contributed by atoms with E-state index in [4.69, 9.17) is 4.74 Å². The summed E-state index contributed by atoms with van der Waals surface area (Å²) in [6.45, 7) is 1.32. The average molecular weight is 256 g/mol. The molecular formula is C16H16O3. The molecule has 2 rings (SSSR count). The molecule has 3 heteroatoms. The van der Waals surface area contributed by atoms with Crippen molar-refractivity contribution in [3.05, 3.63) is 66.2 Å². The molecule has 19 heavy (non-hydrogen) atoms. The van der Waals surface area contributed by atoms with E-state index < -0.39 is 5.60 Å². The lowest BCUT2D eigenvalue weighted by Crippen LogP contribution is -2.36. The third-order valence-corrected chi connectivity index (χ3v) is 2.99. The van der Waals surface area contributed by atoms with Crippen molar-refractivity contribution in [1.82, 2.24) is 0 Å². The zero-order chi connectivity index (χ0) is 13.7. The van der Waals surface area contributed by atoms with Gasteiger partial charge in [0.25, 0.3) is 0 Å². The van der Waals surface area contributed by atoms with E-state index in [9.17, 15) is 9.90 Å². The topological polar surface area (TPSA) is 46.5 Å². The van der Waals surface area contributed by atoms with Crippen LogP contribution in [0.1, 0.15) is 12.5 Å². The van der Waals surface area contributed by atoms with Crippen LogP contribution < -0.4 is 4.74 Å². The maximum Gasteiger partial charge on any atom is 0.205 e. The molecule has 98 valence electrons. The van der Waals surface area contributed by atoms with Crippen LogP contribution >= 0.6 is 0 Å². The fraction of sp³-hybridized carbons (Fsp3) is 0.188. The van der Waals surface area contributed by atoms with Gasteiger partial charge in [-0.15, -0.1) is 0 Å². The van der Waals surface area contributed by atoms with Crippen molar-refractivity contribution in [3.63, 3.8) is 0 Å². The van der Waals surface area contributed by atoms with E-state index in [0.717, 1.165) is 0 Å². The number of para-hydroxylation sites is 1. The van der Waals surface area contributed by atoms with Crippen LogP contribution in [-0.4, -0.2) is 17.5 Å². The molecule has 0 fully saturated rings. The van der Waals surface area contributed by atoms with Gasteiger partial charge in [-0.2, -0.15) is 0 Å². The quantitative estimate of drug-likeness (QED) is 0.894. The first-order chi connectivity index (χ1) is 9.10. The lowest BCUT2D eigenvalue weighted by atomic mass is 9.92. The van der Waals surface area contributed by atoms with Crippen LogP contribution in [0.15, 0.2) is 60.7 Å². The summed E-state index contributed by atoms with van der Waals surface area (Å²) in [6, 6.07) is 17.9. The van der Waals surface area contributed by atoms with Crippen molar-refractivity contribution in [1.29, 1.82) is 0 Å². The molecule has 0 saturated heterocycles. The van der Waals surface area contributed by atoms with Crippen LogP contribution in [0.5, 0.6) is 5.75 Å². The molecule has 0 aromatic heterocycles. The van der Waals surface area contributed by atoms with Crippen molar-refractivity contribution < 1.29 is 14.6 Å². The average Bonchev–Trinajstić information content (AvgIpc) is 2.46. The molecule has 3 nitrogen and oxygen atoms in total. The summed E-state index contributed by atoms with van der Waals surface area (Å²) < 4.78 is 5.37. The molecule has 0 aliphatic heterocycles. The molecule has 0 radical (unpaired) electrons. The largest absolute Gasteiger partial charge is 0.486 e. The number of aliphatic hydroxyl groups is 1. The Kier molecular flexibility index (Phi) is 3.97. The van der Waals surface area contributed by atoms with Crippen LogP contribution in [0.2, 0.25) is 0 Å². The third kappa shape index (κ3) is 3.20. The van der Waals surface area contributed by atoms with Gasteiger partial charge in [-0.25, -0.2) is 0 Å². The monoisotopic (exact) mass is 256 g/mol. The molecule has 0 heterocycles. The summed E-state index contributed by atoms with van der Waals surface area (Å²) in [4.78, 5) is 12.1.